The van der Waals surface area contributed by atoms with Crippen LogP contribution in [0.15, 0.2) is 29.2 Å². The lowest BCUT2D eigenvalue weighted by Gasteiger charge is -2.31. The van der Waals surface area contributed by atoms with Crippen molar-refractivity contribution in [1.29, 1.82) is 0 Å². The normalized spacial score (nSPS) is 21.0. The lowest BCUT2D eigenvalue weighted by molar-refractivity contribution is 0.0265. The van der Waals surface area contributed by atoms with Gasteiger partial charge in [-0.25, -0.2) is 8.42 Å². The van der Waals surface area contributed by atoms with E-state index in [1.807, 2.05) is 13.0 Å². The maximum Gasteiger partial charge on any atom is 0.243 e. The summed E-state index contributed by atoms with van der Waals surface area (Å²) in [4.78, 5) is 0.317. The Morgan fingerprint density at radius 1 is 1.45 bits per heavy atom. The van der Waals surface area contributed by atoms with Gasteiger partial charge in [0, 0.05) is 26.2 Å². The van der Waals surface area contributed by atoms with Crippen LogP contribution in [0.1, 0.15) is 25.3 Å². The maximum atomic E-state index is 12.6. The summed E-state index contributed by atoms with van der Waals surface area (Å²) in [6, 6.07) is 6.84. The highest BCUT2D eigenvalue weighted by Gasteiger charge is 2.30. The molecule has 0 bridgehead atoms. The molecular formula is C14H22N2O3S. The maximum absolute atomic E-state index is 12.6. The van der Waals surface area contributed by atoms with E-state index >= 15 is 0 Å². The van der Waals surface area contributed by atoms with E-state index in [0.29, 0.717) is 31.1 Å². The Morgan fingerprint density at radius 2 is 2.25 bits per heavy atom. The van der Waals surface area contributed by atoms with Crippen LogP contribution < -0.4 is 5.73 Å². The van der Waals surface area contributed by atoms with E-state index in [2.05, 4.69) is 0 Å². The summed E-state index contributed by atoms with van der Waals surface area (Å²) >= 11 is 0. The molecule has 1 aliphatic heterocycles. The number of ether oxygens (including phenoxy) is 1. The van der Waals surface area contributed by atoms with Crippen LogP contribution >= 0.6 is 0 Å². The Kier molecular flexibility index (Phi) is 5.15. The molecule has 1 fully saturated rings. The standard InChI is InChI=1S/C14H22N2O3S/c1-2-19-13-6-4-8-16(11-13)20(17,18)14-7-3-5-12(9-14)10-15/h3,5,7,9,13H,2,4,6,8,10-11,15H2,1H3. The molecule has 1 aromatic rings. The molecule has 1 aromatic carbocycles. The van der Waals surface area contributed by atoms with Crippen LogP contribution in [0.4, 0.5) is 0 Å². The minimum absolute atomic E-state index is 0.00113. The Labute approximate surface area is 120 Å². The molecule has 0 saturated carbocycles. The monoisotopic (exact) mass is 298 g/mol. The highest BCUT2D eigenvalue weighted by Crippen LogP contribution is 2.22. The van der Waals surface area contributed by atoms with Crippen molar-refractivity contribution in [2.75, 3.05) is 19.7 Å². The number of piperidine rings is 1. The van der Waals surface area contributed by atoms with Gasteiger partial charge in [-0.1, -0.05) is 12.1 Å². The molecule has 6 heteroatoms. The van der Waals surface area contributed by atoms with E-state index in [0.717, 1.165) is 18.4 Å². The van der Waals surface area contributed by atoms with Crippen molar-refractivity contribution in [2.24, 2.45) is 5.73 Å². The van der Waals surface area contributed by atoms with E-state index in [9.17, 15) is 8.42 Å². The molecule has 0 aromatic heterocycles. The van der Waals surface area contributed by atoms with Gasteiger partial charge in [-0.15, -0.1) is 0 Å². The first-order chi connectivity index (χ1) is 9.57. The molecule has 0 radical (unpaired) electrons. The second kappa shape index (κ2) is 6.67. The van der Waals surface area contributed by atoms with E-state index in [-0.39, 0.29) is 6.10 Å². The second-order valence-corrected chi connectivity index (χ2v) is 6.87. The molecule has 2 rings (SSSR count). The first-order valence-corrected chi connectivity index (χ1v) is 8.42. The first kappa shape index (κ1) is 15.4. The van der Waals surface area contributed by atoms with Gasteiger partial charge in [-0.3, -0.25) is 0 Å². The molecule has 1 atom stereocenters. The number of rotatable bonds is 5. The van der Waals surface area contributed by atoms with Crippen molar-refractivity contribution in [3.8, 4) is 0 Å². The molecule has 1 heterocycles. The SMILES string of the molecule is CCOC1CCCN(S(=O)(=O)c2cccc(CN)c2)C1. The highest BCUT2D eigenvalue weighted by atomic mass is 32.2. The van der Waals surface area contributed by atoms with Crippen LogP contribution in [-0.2, 0) is 21.3 Å². The van der Waals surface area contributed by atoms with Crippen molar-refractivity contribution in [3.05, 3.63) is 29.8 Å². The number of sulfonamides is 1. The highest BCUT2D eigenvalue weighted by molar-refractivity contribution is 7.89. The van der Waals surface area contributed by atoms with Crippen LogP contribution in [0.2, 0.25) is 0 Å². The van der Waals surface area contributed by atoms with Crippen LogP contribution in [0, 0.1) is 0 Å². The number of nitrogens with zero attached hydrogens (tertiary/aromatic N) is 1. The molecular weight excluding hydrogens is 276 g/mol. The zero-order valence-corrected chi connectivity index (χ0v) is 12.6. The second-order valence-electron chi connectivity index (χ2n) is 4.93. The average Bonchev–Trinajstić information content (AvgIpc) is 2.48. The Balaban J connectivity index is 2.20. The molecule has 1 saturated heterocycles. The van der Waals surface area contributed by atoms with E-state index in [1.54, 1.807) is 18.2 Å². The zero-order valence-electron chi connectivity index (χ0n) is 11.8. The molecule has 20 heavy (non-hydrogen) atoms. The minimum Gasteiger partial charge on any atom is -0.377 e. The largest absolute Gasteiger partial charge is 0.377 e. The Hall–Kier alpha value is -0.950. The summed E-state index contributed by atoms with van der Waals surface area (Å²) in [5, 5.41) is 0. The van der Waals surface area contributed by atoms with Crippen molar-refractivity contribution in [2.45, 2.75) is 37.3 Å². The van der Waals surface area contributed by atoms with E-state index < -0.39 is 10.0 Å². The van der Waals surface area contributed by atoms with Crippen molar-refractivity contribution < 1.29 is 13.2 Å². The van der Waals surface area contributed by atoms with Gasteiger partial charge in [-0.05, 0) is 37.5 Å². The lowest BCUT2D eigenvalue weighted by atomic mass is 10.1. The first-order valence-electron chi connectivity index (χ1n) is 6.98. The quantitative estimate of drug-likeness (QED) is 0.890. The smallest absolute Gasteiger partial charge is 0.243 e. The fourth-order valence-corrected chi connectivity index (χ4v) is 4.06. The fourth-order valence-electron chi connectivity index (χ4n) is 2.48. The zero-order chi connectivity index (χ0) is 14.6. The molecule has 1 aliphatic rings. The third kappa shape index (κ3) is 3.38. The average molecular weight is 298 g/mol. The molecule has 112 valence electrons. The van der Waals surface area contributed by atoms with Crippen LogP contribution in [0.3, 0.4) is 0 Å². The molecule has 0 amide bonds. The summed E-state index contributed by atoms with van der Waals surface area (Å²) in [6.07, 6.45) is 1.75. The van der Waals surface area contributed by atoms with Crippen LogP contribution in [0.5, 0.6) is 0 Å². The van der Waals surface area contributed by atoms with Gasteiger partial charge in [-0.2, -0.15) is 4.31 Å². The third-order valence-electron chi connectivity index (χ3n) is 3.52. The Morgan fingerprint density at radius 3 is 2.95 bits per heavy atom. The summed E-state index contributed by atoms with van der Waals surface area (Å²) < 4.78 is 32.4. The number of nitrogens with two attached hydrogens (primary N) is 1. The lowest BCUT2D eigenvalue weighted by Crippen LogP contribution is -2.43. The van der Waals surface area contributed by atoms with Crippen molar-refractivity contribution in [1.82, 2.24) is 4.31 Å². The molecule has 5 nitrogen and oxygen atoms in total. The van der Waals surface area contributed by atoms with E-state index in [1.165, 1.54) is 4.31 Å². The van der Waals surface area contributed by atoms with Gasteiger partial charge in [0.15, 0.2) is 0 Å². The topological polar surface area (TPSA) is 72.6 Å². The van der Waals surface area contributed by atoms with Gasteiger partial charge >= 0.3 is 0 Å². The summed E-state index contributed by atoms with van der Waals surface area (Å²) in [5.74, 6) is 0. The predicted molar refractivity (Wildman–Crippen MR) is 77.7 cm³/mol. The third-order valence-corrected chi connectivity index (χ3v) is 5.38. The van der Waals surface area contributed by atoms with Crippen molar-refractivity contribution >= 4 is 10.0 Å². The Bertz CT molecular complexity index is 543. The number of benzene rings is 1. The number of hydrogen-bond donors (Lipinski definition) is 1. The molecule has 2 N–H and O–H groups in total. The van der Waals surface area contributed by atoms with Crippen LogP contribution in [0.25, 0.3) is 0 Å². The van der Waals surface area contributed by atoms with Gasteiger partial charge in [0.05, 0.1) is 11.0 Å². The molecule has 0 aliphatic carbocycles. The van der Waals surface area contributed by atoms with Gasteiger partial charge in [0.1, 0.15) is 0 Å². The minimum atomic E-state index is -3.45. The summed E-state index contributed by atoms with van der Waals surface area (Å²) in [6.45, 7) is 3.87. The molecule has 0 spiro atoms. The molecule has 1 unspecified atom stereocenters. The summed E-state index contributed by atoms with van der Waals surface area (Å²) in [7, 11) is -3.45. The fraction of sp³-hybridized carbons (Fsp3) is 0.571. The van der Waals surface area contributed by atoms with Gasteiger partial charge in [0.25, 0.3) is 0 Å². The van der Waals surface area contributed by atoms with Crippen LogP contribution in [-0.4, -0.2) is 38.5 Å². The predicted octanol–water partition coefficient (Wildman–Crippen LogP) is 1.33. The summed E-state index contributed by atoms with van der Waals surface area (Å²) in [5.41, 5.74) is 6.40. The van der Waals surface area contributed by atoms with Gasteiger partial charge in [0.2, 0.25) is 10.0 Å². The van der Waals surface area contributed by atoms with Crippen molar-refractivity contribution in [3.63, 3.8) is 0 Å². The number of hydrogen-bond acceptors (Lipinski definition) is 4. The van der Waals surface area contributed by atoms with Gasteiger partial charge < -0.3 is 10.5 Å². The van der Waals surface area contributed by atoms with E-state index in [4.69, 9.17) is 10.5 Å².